The fourth-order valence-corrected chi connectivity index (χ4v) is 6.74. The van der Waals surface area contributed by atoms with Gasteiger partial charge in [0, 0.05) is 25.2 Å². The molecular formula is C45H73O11P. The summed E-state index contributed by atoms with van der Waals surface area (Å²) in [7, 11) is -4.83. The Morgan fingerprint density at radius 1 is 0.702 bits per heavy atom. The average molecular weight is 821 g/mol. The maximum absolute atomic E-state index is 12.4. The van der Waals surface area contributed by atoms with E-state index < -0.39 is 57.4 Å². The lowest BCUT2D eigenvalue weighted by Crippen LogP contribution is -2.29. The van der Waals surface area contributed by atoms with Crippen LogP contribution in [-0.4, -0.2) is 74.7 Å². The van der Waals surface area contributed by atoms with Gasteiger partial charge < -0.3 is 34.6 Å². The van der Waals surface area contributed by atoms with Crippen molar-refractivity contribution in [2.24, 2.45) is 11.8 Å². The minimum atomic E-state index is -4.83. The van der Waals surface area contributed by atoms with Crippen LogP contribution >= 0.6 is 7.82 Å². The molecule has 0 radical (unpaired) electrons. The number of phosphoric ester groups is 1. The maximum atomic E-state index is 12.4. The molecule has 0 aliphatic heterocycles. The first-order valence-electron chi connectivity index (χ1n) is 21.1. The molecule has 1 fully saturated rings. The van der Waals surface area contributed by atoms with Crippen molar-refractivity contribution in [1.82, 2.24) is 0 Å². The number of phosphoric acid groups is 1. The van der Waals surface area contributed by atoms with Gasteiger partial charge in [0.2, 0.25) is 0 Å². The molecule has 0 aromatic carbocycles. The van der Waals surface area contributed by atoms with Crippen LogP contribution in [0.1, 0.15) is 136 Å². The number of ether oxygens (including phenoxy) is 2. The molecule has 1 aliphatic rings. The second kappa shape index (κ2) is 34.0. The Balaban J connectivity index is 2.32. The van der Waals surface area contributed by atoms with E-state index in [2.05, 4.69) is 73.1 Å². The lowest BCUT2D eigenvalue weighted by molar-refractivity contribution is -0.161. The summed E-state index contributed by atoms with van der Waals surface area (Å²) < 4.78 is 26.3. The molecule has 1 rings (SSSR count). The first-order valence-corrected chi connectivity index (χ1v) is 22.7. The summed E-state index contributed by atoms with van der Waals surface area (Å²) >= 11 is 0. The van der Waals surface area contributed by atoms with E-state index in [-0.39, 0.29) is 24.7 Å². The van der Waals surface area contributed by atoms with Gasteiger partial charge in [-0.25, -0.2) is 4.57 Å². The van der Waals surface area contributed by atoms with Gasteiger partial charge in [0.25, 0.3) is 0 Å². The molecule has 1 aliphatic carbocycles. The van der Waals surface area contributed by atoms with Crippen LogP contribution in [0.2, 0.25) is 0 Å². The molecule has 5 N–H and O–H groups in total. The van der Waals surface area contributed by atoms with Gasteiger partial charge in [0.1, 0.15) is 6.61 Å². The molecule has 57 heavy (non-hydrogen) atoms. The molecule has 0 saturated heterocycles. The van der Waals surface area contributed by atoms with E-state index in [1.807, 2.05) is 24.3 Å². The quantitative estimate of drug-likeness (QED) is 0.0184. The molecule has 324 valence electrons. The number of aliphatic hydroxyl groups is 3. The normalized spacial score (nSPS) is 20.5. The van der Waals surface area contributed by atoms with Crippen molar-refractivity contribution in [3.05, 3.63) is 85.1 Å². The van der Waals surface area contributed by atoms with Crippen molar-refractivity contribution < 1.29 is 53.3 Å². The van der Waals surface area contributed by atoms with E-state index >= 15 is 0 Å². The predicted molar refractivity (Wildman–Crippen MR) is 227 cm³/mol. The van der Waals surface area contributed by atoms with Crippen LogP contribution in [0.25, 0.3) is 0 Å². The summed E-state index contributed by atoms with van der Waals surface area (Å²) in [5.74, 6) is -1.43. The van der Waals surface area contributed by atoms with Crippen LogP contribution in [0.15, 0.2) is 85.1 Å². The molecule has 0 spiro atoms. The van der Waals surface area contributed by atoms with Crippen LogP contribution in [-0.2, 0) is 28.2 Å². The van der Waals surface area contributed by atoms with Gasteiger partial charge in [0.05, 0.1) is 24.9 Å². The van der Waals surface area contributed by atoms with Crippen molar-refractivity contribution in [1.29, 1.82) is 0 Å². The Kier molecular flexibility index (Phi) is 31.1. The van der Waals surface area contributed by atoms with Crippen LogP contribution in [0.4, 0.5) is 0 Å². The van der Waals surface area contributed by atoms with E-state index in [0.717, 1.165) is 77.0 Å². The third-order valence-corrected chi connectivity index (χ3v) is 10.00. The third kappa shape index (κ3) is 29.9. The lowest BCUT2D eigenvalue weighted by atomic mass is 9.88. The van der Waals surface area contributed by atoms with Crippen LogP contribution < -0.4 is 0 Å². The summed E-state index contributed by atoms with van der Waals surface area (Å²) in [6, 6.07) is 0. The molecule has 0 bridgehead atoms. The molecule has 11 nitrogen and oxygen atoms in total. The fourth-order valence-electron chi connectivity index (χ4n) is 6.38. The largest absolute Gasteiger partial charge is 0.469 e. The third-order valence-electron chi connectivity index (χ3n) is 9.51. The van der Waals surface area contributed by atoms with Crippen LogP contribution in [0.3, 0.4) is 0 Å². The second-order valence-corrected chi connectivity index (χ2v) is 15.8. The van der Waals surface area contributed by atoms with E-state index in [1.165, 1.54) is 0 Å². The number of aliphatic hydroxyl groups excluding tert-OH is 3. The lowest BCUT2D eigenvalue weighted by Gasteiger charge is -2.21. The van der Waals surface area contributed by atoms with Crippen molar-refractivity contribution in [2.45, 2.75) is 160 Å². The minimum Gasteiger partial charge on any atom is -0.462 e. The number of unbranched alkanes of at least 4 members (excludes halogenated alkanes) is 5. The zero-order chi connectivity index (χ0) is 42.0. The molecule has 0 heterocycles. The molecular weight excluding hydrogens is 747 g/mol. The van der Waals surface area contributed by atoms with Gasteiger partial charge in [-0.2, -0.15) is 0 Å². The number of esters is 2. The smallest absolute Gasteiger partial charge is 0.462 e. The van der Waals surface area contributed by atoms with Crippen LogP contribution in [0.5, 0.6) is 0 Å². The molecule has 0 amide bonds. The van der Waals surface area contributed by atoms with Crippen molar-refractivity contribution in [3.8, 4) is 0 Å². The van der Waals surface area contributed by atoms with Crippen molar-refractivity contribution in [3.63, 3.8) is 0 Å². The molecule has 12 heteroatoms. The summed E-state index contributed by atoms with van der Waals surface area (Å²) in [6.45, 7) is 3.22. The van der Waals surface area contributed by atoms with E-state index in [1.54, 1.807) is 6.08 Å². The van der Waals surface area contributed by atoms with Gasteiger partial charge in [-0.3, -0.25) is 14.1 Å². The fraction of sp³-hybridized carbons (Fsp3) is 0.644. The highest BCUT2D eigenvalue weighted by molar-refractivity contribution is 7.46. The summed E-state index contributed by atoms with van der Waals surface area (Å²) in [6.07, 6.45) is 39.6. The van der Waals surface area contributed by atoms with Gasteiger partial charge in [0.15, 0.2) is 6.10 Å². The summed E-state index contributed by atoms with van der Waals surface area (Å²) in [5, 5.41) is 31.2. The van der Waals surface area contributed by atoms with Gasteiger partial charge in [-0.1, -0.05) is 137 Å². The Labute approximate surface area is 342 Å². The second-order valence-electron chi connectivity index (χ2n) is 14.5. The zero-order valence-corrected chi connectivity index (χ0v) is 35.4. The van der Waals surface area contributed by atoms with Crippen LogP contribution in [0, 0.1) is 11.8 Å². The monoisotopic (exact) mass is 820 g/mol. The van der Waals surface area contributed by atoms with Gasteiger partial charge >= 0.3 is 19.8 Å². The van der Waals surface area contributed by atoms with Gasteiger partial charge in [-0.15, -0.1) is 0 Å². The molecule has 1 saturated carbocycles. The molecule has 0 aromatic rings. The number of carbonyl (C=O) groups is 2. The number of hydrogen-bond acceptors (Lipinski definition) is 9. The highest BCUT2D eigenvalue weighted by atomic mass is 31.2. The molecule has 0 aromatic heterocycles. The molecule has 6 atom stereocenters. The predicted octanol–water partition coefficient (Wildman–Crippen LogP) is 9.22. The summed E-state index contributed by atoms with van der Waals surface area (Å²) in [4.78, 5) is 43.1. The van der Waals surface area contributed by atoms with E-state index in [9.17, 15) is 29.5 Å². The number of carbonyl (C=O) groups excluding carboxylic acids is 2. The van der Waals surface area contributed by atoms with Gasteiger partial charge in [-0.05, 0) is 70.1 Å². The first kappa shape index (κ1) is 52.1. The Morgan fingerprint density at radius 3 is 1.86 bits per heavy atom. The van der Waals surface area contributed by atoms with E-state index in [4.69, 9.17) is 19.3 Å². The van der Waals surface area contributed by atoms with Crippen molar-refractivity contribution >= 4 is 19.8 Å². The SMILES string of the molecule is CC/C=C\C/C=C\C/C=C\C/C=C\C/C=C\C/C=C\CCC(=O)O[C@H](COC(=O)CCCCCC[C@@H]1[C@@H](/C=C/[C@@H](O)CCCCC)[C@H](O)C[C@@H]1O)COP(=O)(O)O. The Bertz CT molecular complexity index is 1310. The Hall–Kier alpha value is -2.89. The summed E-state index contributed by atoms with van der Waals surface area (Å²) in [5.41, 5.74) is 0. The maximum Gasteiger partial charge on any atom is 0.469 e. The highest BCUT2D eigenvalue weighted by Crippen LogP contribution is 2.37. The average Bonchev–Trinajstić information content (AvgIpc) is 3.44. The number of rotatable bonds is 33. The topological polar surface area (TPSA) is 180 Å². The highest BCUT2D eigenvalue weighted by Gasteiger charge is 2.39. The minimum absolute atomic E-state index is 0.0391. The zero-order valence-electron chi connectivity index (χ0n) is 34.5. The standard InChI is InChI=1S/C45H73O11P/c1-3-5-7-8-9-10-11-12-13-14-15-16-17-18-19-20-21-22-28-32-45(50)56-39(37-55-57(51,52)53)36-54-44(49)31-27-24-23-26-30-40-41(43(48)35-42(40)47)34-33-38(46)29-25-6-4-2/h5,7,9-10,12-13,15-16,18-19,21-22,33-34,38-43,46-48H,3-4,6,8,11,14,17,20,23-32,35-37H2,1-2H3,(H2,51,52,53)/b7-5-,10-9-,13-12-,16-15-,19-18-,22-21-,34-33+/t38-,39+,40+,41+,42-,43+/m0/s1. The molecule has 0 unspecified atom stereocenters. The Morgan fingerprint density at radius 2 is 1.28 bits per heavy atom. The van der Waals surface area contributed by atoms with E-state index in [0.29, 0.717) is 32.1 Å². The number of allylic oxidation sites excluding steroid dienone is 12. The van der Waals surface area contributed by atoms with Crippen molar-refractivity contribution in [2.75, 3.05) is 13.2 Å². The number of hydrogen-bond donors (Lipinski definition) is 5. The first-order chi connectivity index (χ1) is 27.5.